The molecule has 0 amide bonds. The minimum atomic E-state index is -0.768. The summed E-state index contributed by atoms with van der Waals surface area (Å²) >= 11 is 0. The van der Waals surface area contributed by atoms with Crippen molar-refractivity contribution in [2.24, 2.45) is 0 Å². The Bertz CT molecular complexity index is 350. The molecule has 1 rings (SSSR count). The van der Waals surface area contributed by atoms with E-state index in [9.17, 15) is 4.79 Å². The van der Waals surface area contributed by atoms with Crippen LogP contribution < -0.4 is 0 Å². The van der Waals surface area contributed by atoms with Gasteiger partial charge in [-0.2, -0.15) is 0 Å². The van der Waals surface area contributed by atoms with E-state index in [1.807, 2.05) is 30.1 Å². The van der Waals surface area contributed by atoms with E-state index in [0.717, 1.165) is 13.0 Å². The van der Waals surface area contributed by atoms with Gasteiger partial charge in [-0.3, -0.25) is 9.69 Å². The lowest BCUT2D eigenvalue weighted by atomic mass is 9.95. The Hall–Kier alpha value is -1.35. The van der Waals surface area contributed by atoms with Crippen molar-refractivity contribution in [2.75, 3.05) is 13.6 Å². The molecular weight excluding hydrogens is 214 g/mol. The molecule has 1 aromatic carbocycles. The topological polar surface area (TPSA) is 40.5 Å². The zero-order valence-electron chi connectivity index (χ0n) is 10.8. The molecule has 0 aliphatic heterocycles. The van der Waals surface area contributed by atoms with Crippen molar-refractivity contribution in [1.82, 2.24) is 4.90 Å². The van der Waals surface area contributed by atoms with Crippen LogP contribution in [0.1, 0.15) is 31.7 Å². The number of carboxylic acids is 1. The van der Waals surface area contributed by atoms with Gasteiger partial charge < -0.3 is 5.11 Å². The fraction of sp³-hybridized carbons (Fsp3) is 0.500. The highest BCUT2D eigenvalue weighted by molar-refractivity contribution is 5.72. The summed E-state index contributed by atoms with van der Waals surface area (Å²) in [4.78, 5) is 12.8. The summed E-state index contributed by atoms with van der Waals surface area (Å²) in [5, 5.41) is 8.97. The first-order chi connectivity index (χ1) is 8.06. The molecule has 0 radical (unpaired) electrons. The maximum atomic E-state index is 10.9. The van der Waals surface area contributed by atoms with Crippen molar-refractivity contribution in [3.8, 4) is 0 Å². The SMILES string of the molecule is CCC(CN(C)C(C)C(=O)O)c1ccccc1. The van der Waals surface area contributed by atoms with E-state index in [2.05, 4.69) is 19.1 Å². The van der Waals surface area contributed by atoms with Crippen LogP contribution in [0.2, 0.25) is 0 Å². The summed E-state index contributed by atoms with van der Waals surface area (Å²) in [5.74, 6) is -0.376. The molecule has 17 heavy (non-hydrogen) atoms. The molecule has 2 atom stereocenters. The second-order valence-corrected chi connectivity index (χ2v) is 4.47. The normalized spacial score (nSPS) is 14.6. The number of likely N-dealkylation sites (N-methyl/N-ethyl adjacent to an activating group) is 1. The summed E-state index contributed by atoms with van der Waals surface area (Å²) in [7, 11) is 1.87. The second kappa shape index (κ2) is 6.40. The van der Waals surface area contributed by atoms with Crippen LogP contribution in [0.4, 0.5) is 0 Å². The average Bonchev–Trinajstić information content (AvgIpc) is 2.35. The van der Waals surface area contributed by atoms with Gasteiger partial charge in [0.15, 0.2) is 0 Å². The maximum Gasteiger partial charge on any atom is 0.320 e. The van der Waals surface area contributed by atoms with Crippen molar-refractivity contribution < 1.29 is 9.90 Å². The zero-order chi connectivity index (χ0) is 12.8. The van der Waals surface area contributed by atoms with Crippen molar-refractivity contribution in [1.29, 1.82) is 0 Å². The Labute approximate surface area is 103 Å². The summed E-state index contributed by atoms with van der Waals surface area (Å²) in [6, 6.07) is 9.82. The first kappa shape index (κ1) is 13.7. The molecule has 0 fully saturated rings. The van der Waals surface area contributed by atoms with Gasteiger partial charge in [0.2, 0.25) is 0 Å². The highest BCUT2D eigenvalue weighted by Crippen LogP contribution is 2.20. The highest BCUT2D eigenvalue weighted by atomic mass is 16.4. The highest BCUT2D eigenvalue weighted by Gasteiger charge is 2.20. The van der Waals surface area contributed by atoms with Gasteiger partial charge in [0.1, 0.15) is 6.04 Å². The largest absolute Gasteiger partial charge is 0.480 e. The number of hydrogen-bond acceptors (Lipinski definition) is 2. The summed E-state index contributed by atoms with van der Waals surface area (Å²) in [6.45, 7) is 4.63. The fourth-order valence-corrected chi connectivity index (χ4v) is 1.89. The molecule has 1 aromatic rings. The third-order valence-corrected chi connectivity index (χ3v) is 3.29. The Balaban J connectivity index is 2.68. The first-order valence-electron chi connectivity index (χ1n) is 6.04. The smallest absolute Gasteiger partial charge is 0.320 e. The Morgan fingerprint density at radius 1 is 1.35 bits per heavy atom. The molecule has 0 aliphatic carbocycles. The number of nitrogens with zero attached hydrogens (tertiary/aromatic N) is 1. The lowest BCUT2D eigenvalue weighted by molar-refractivity contribution is -0.142. The van der Waals surface area contributed by atoms with Crippen LogP contribution in [-0.4, -0.2) is 35.6 Å². The molecular formula is C14H21NO2. The van der Waals surface area contributed by atoms with Crippen molar-refractivity contribution in [3.63, 3.8) is 0 Å². The van der Waals surface area contributed by atoms with E-state index < -0.39 is 12.0 Å². The molecule has 0 aliphatic rings. The minimum Gasteiger partial charge on any atom is -0.480 e. The van der Waals surface area contributed by atoms with E-state index in [4.69, 9.17) is 5.11 Å². The van der Waals surface area contributed by atoms with Crippen LogP contribution in [0, 0.1) is 0 Å². The Morgan fingerprint density at radius 3 is 2.41 bits per heavy atom. The minimum absolute atomic E-state index is 0.392. The average molecular weight is 235 g/mol. The number of carboxylic acid groups (broad SMARTS) is 1. The standard InChI is InChI=1S/C14H21NO2/c1-4-12(13-8-6-5-7-9-13)10-15(3)11(2)14(16)17/h5-9,11-12H,4,10H2,1-3H3,(H,16,17). The number of hydrogen-bond donors (Lipinski definition) is 1. The van der Waals surface area contributed by atoms with Crippen LogP contribution in [0.25, 0.3) is 0 Å². The summed E-state index contributed by atoms with van der Waals surface area (Å²) < 4.78 is 0. The van der Waals surface area contributed by atoms with Gasteiger partial charge in [-0.25, -0.2) is 0 Å². The Kier molecular flexibility index (Phi) is 5.16. The van der Waals surface area contributed by atoms with Crippen molar-refractivity contribution >= 4 is 5.97 Å². The van der Waals surface area contributed by atoms with E-state index in [1.54, 1.807) is 6.92 Å². The van der Waals surface area contributed by atoms with Crippen molar-refractivity contribution in [2.45, 2.75) is 32.2 Å². The van der Waals surface area contributed by atoms with E-state index in [1.165, 1.54) is 5.56 Å². The van der Waals surface area contributed by atoms with Crippen LogP contribution in [0.5, 0.6) is 0 Å². The summed E-state index contributed by atoms with van der Waals surface area (Å²) in [5.41, 5.74) is 1.28. The molecule has 94 valence electrons. The lowest BCUT2D eigenvalue weighted by Gasteiger charge is -2.26. The van der Waals surface area contributed by atoms with Gasteiger partial charge in [-0.05, 0) is 31.9 Å². The number of carbonyl (C=O) groups is 1. The predicted octanol–water partition coefficient (Wildman–Crippen LogP) is 2.59. The molecule has 0 saturated heterocycles. The Morgan fingerprint density at radius 2 is 1.94 bits per heavy atom. The van der Waals surface area contributed by atoms with Gasteiger partial charge in [0.25, 0.3) is 0 Å². The zero-order valence-corrected chi connectivity index (χ0v) is 10.8. The molecule has 2 unspecified atom stereocenters. The second-order valence-electron chi connectivity index (χ2n) is 4.47. The van der Waals surface area contributed by atoms with Crippen molar-refractivity contribution in [3.05, 3.63) is 35.9 Å². The molecule has 0 bridgehead atoms. The quantitative estimate of drug-likeness (QED) is 0.824. The van der Waals surface area contributed by atoms with E-state index >= 15 is 0 Å². The van der Waals surface area contributed by atoms with Crippen LogP contribution in [-0.2, 0) is 4.79 Å². The molecule has 1 N–H and O–H groups in total. The van der Waals surface area contributed by atoms with E-state index in [0.29, 0.717) is 5.92 Å². The predicted molar refractivity (Wildman–Crippen MR) is 69.2 cm³/mol. The van der Waals surface area contributed by atoms with Gasteiger partial charge >= 0.3 is 5.97 Å². The monoisotopic (exact) mass is 235 g/mol. The van der Waals surface area contributed by atoms with E-state index in [-0.39, 0.29) is 0 Å². The van der Waals surface area contributed by atoms with Gasteiger partial charge in [0, 0.05) is 6.54 Å². The first-order valence-corrected chi connectivity index (χ1v) is 6.04. The van der Waals surface area contributed by atoms with Gasteiger partial charge in [-0.1, -0.05) is 37.3 Å². The summed E-state index contributed by atoms with van der Waals surface area (Å²) in [6.07, 6.45) is 1.01. The van der Waals surface area contributed by atoms with Crippen LogP contribution in [0.15, 0.2) is 30.3 Å². The number of aliphatic carboxylic acids is 1. The molecule has 3 heteroatoms. The molecule has 3 nitrogen and oxygen atoms in total. The number of rotatable bonds is 6. The van der Waals surface area contributed by atoms with Crippen LogP contribution >= 0.6 is 0 Å². The molecule has 0 heterocycles. The van der Waals surface area contributed by atoms with Gasteiger partial charge in [-0.15, -0.1) is 0 Å². The maximum absolute atomic E-state index is 10.9. The lowest BCUT2D eigenvalue weighted by Crippen LogP contribution is -2.38. The van der Waals surface area contributed by atoms with Gasteiger partial charge in [0.05, 0.1) is 0 Å². The van der Waals surface area contributed by atoms with Crippen LogP contribution in [0.3, 0.4) is 0 Å². The molecule has 0 aromatic heterocycles. The molecule has 0 saturated carbocycles. The third-order valence-electron chi connectivity index (χ3n) is 3.29. The molecule has 0 spiro atoms. The third kappa shape index (κ3) is 3.86. The fourth-order valence-electron chi connectivity index (χ4n) is 1.89. The number of benzene rings is 1.